The highest BCUT2D eigenvalue weighted by Crippen LogP contribution is 2.36. The van der Waals surface area contributed by atoms with Gasteiger partial charge in [-0.15, -0.1) is 0 Å². The Morgan fingerprint density at radius 1 is 1.24 bits per heavy atom. The van der Waals surface area contributed by atoms with Gasteiger partial charge >= 0.3 is 6.03 Å². The van der Waals surface area contributed by atoms with Crippen LogP contribution in [0.25, 0.3) is 0 Å². The third-order valence-corrected chi connectivity index (χ3v) is 6.84. The molecule has 1 aromatic carbocycles. The second-order valence-corrected chi connectivity index (χ2v) is 9.29. The first-order chi connectivity index (χ1) is 15.9. The molecule has 0 aromatic heterocycles. The number of nitrogens with one attached hydrogen (secondary N) is 2. The zero-order valence-corrected chi connectivity index (χ0v) is 19.4. The lowest BCUT2D eigenvalue weighted by molar-refractivity contribution is -0.136. The van der Waals surface area contributed by atoms with Crippen molar-refractivity contribution >= 4 is 17.8 Å². The number of imide groups is 1. The summed E-state index contributed by atoms with van der Waals surface area (Å²) in [6, 6.07) is 4.97. The molecule has 9 nitrogen and oxygen atoms in total. The number of ether oxygens (including phenoxy) is 3. The van der Waals surface area contributed by atoms with E-state index in [2.05, 4.69) is 17.6 Å². The molecule has 2 N–H and O–H groups in total. The molecule has 4 amide bonds. The highest BCUT2D eigenvalue weighted by molar-refractivity contribution is 6.09. The third kappa shape index (κ3) is 5.24. The van der Waals surface area contributed by atoms with Crippen molar-refractivity contribution in [2.45, 2.75) is 63.6 Å². The van der Waals surface area contributed by atoms with Crippen molar-refractivity contribution < 1.29 is 28.6 Å². The van der Waals surface area contributed by atoms with Crippen LogP contribution in [0.1, 0.15) is 51.0 Å². The Labute approximate surface area is 194 Å². The van der Waals surface area contributed by atoms with Gasteiger partial charge in [0.15, 0.2) is 11.5 Å². The number of nitrogens with zero attached hydrogens (tertiary/aromatic N) is 1. The molecule has 180 valence electrons. The van der Waals surface area contributed by atoms with Gasteiger partial charge in [-0.1, -0.05) is 13.0 Å². The molecule has 33 heavy (non-hydrogen) atoms. The average Bonchev–Trinajstić information content (AvgIpc) is 3.41. The van der Waals surface area contributed by atoms with Crippen LogP contribution < -0.4 is 20.1 Å². The number of benzene rings is 1. The molecule has 3 fully saturated rings. The Bertz CT molecular complexity index is 890. The summed E-state index contributed by atoms with van der Waals surface area (Å²) in [7, 11) is 1.57. The van der Waals surface area contributed by atoms with Crippen molar-refractivity contribution in [1.82, 2.24) is 15.5 Å². The summed E-state index contributed by atoms with van der Waals surface area (Å²) in [6.07, 6.45) is 5.17. The highest BCUT2D eigenvalue weighted by atomic mass is 16.5. The van der Waals surface area contributed by atoms with Crippen LogP contribution in [0.2, 0.25) is 0 Å². The first-order valence-electron chi connectivity index (χ1n) is 11.7. The van der Waals surface area contributed by atoms with Gasteiger partial charge in [0.05, 0.1) is 13.2 Å². The molecule has 1 unspecified atom stereocenters. The number of amides is 4. The van der Waals surface area contributed by atoms with Gasteiger partial charge in [0.25, 0.3) is 5.91 Å². The number of hydrogen-bond donors (Lipinski definition) is 2. The lowest BCUT2D eigenvalue weighted by Gasteiger charge is -2.33. The summed E-state index contributed by atoms with van der Waals surface area (Å²) in [5.41, 5.74) is -0.0176. The van der Waals surface area contributed by atoms with Gasteiger partial charge in [-0.2, -0.15) is 0 Å². The molecule has 2 aliphatic heterocycles. The molecular formula is C24H33N3O6. The zero-order chi connectivity index (χ0) is 23.4. The van der Waals surface area contributed by atoms with Gasteiger partial charge in [-0.05, 0) is 62.1 Å². The molecule has 2 heterocycles. The van der Waals surface area contributed by atoms with Gasteiger partial charge in [0.1, 0.15) is 18.7 Å². The second kappa shape index (κ2) is 9.99. The average molecular weight is 460 g/mol. The number of methoxy groups -OCH3 is 1. The molecule has 1 spiro atoms. The standard InChI is InChI=1S/C24H33N3O6/c1-16-7-9-24(10-8-16)22(29)27(23(30)26-24)14-21(28)25-13-17-5-6-19(20(12-17)31-2)33-15-18-4-3-11-32-18/h5-6,12,16,18H,3-4,7-11,13-15H2,1-2H3,(H,25,28)(H,26,30). The molecule has 1 aliphatic carbocycles. The van der Waals surface area contributed by atoms with Crippen molar-refractivity contribution in [3.05, 3.63) is 23.8 Å². The number of carbonyl (C=O) groups is 3. The van der Waals surface area contributed by atoms with Crippen LogP contribution in [-0.4, -0.2) is 61.3 Å². The van der Waals surface area contributed by atoms with Crippen LogP contribution in [0.5, 0.6) is 11.5 Å². The summed E-state index contributed by atoms with van der Waals surface area (Å²) in [6.45, 7) is 3.35. The minimum atomic E-state index is -0.837. The predicted molar refractivity (Wildman–Crippen MR) is 120 cm³/mol. The fourth-order valence-electron chi connectivity index (χ4n) is 4.71. The fraction of sp³-hybridized carbons (Fsp3) is 0.625. The molecule has 1 atom stereocenters. The van der Waals surface area contributed by atoms with E-state index in [4.69, 9.17) is 14.2 Å². The van der Waals surface area contributed by atoms with E-state index in [1.807, 2.05) is 6.07 Å². The van der Waals surface area contributed by atoms with Crippen LogP contribution in [0.4, 0.5) is 4.79 Å². The molecule has 9 heteroatoms. The van der Waals surface area contributed by atoms with E-state index in [1.165, 1.54) is 0 Å². The summed E-state index contributed by atoms with van der Waals surface area (Å²) < 4.78 is 16.8. The fourth-order valence-corrected chi connectivity index (χ4v) is 4.71. The quantitative estimate of drug-likeness (QED) is 0.578. The smallest absolute Gasteiger partial charge is 0.325 e. The summed E-state index contributed by atoms with van der Waals surface area (Å²) in [5, 5.41) is 5.62. The van der Waals surface area contributed by atoms with Gasteiger partial charge < -0.3 is 24.8 Å². The van der Waals surface area contributed by atoms with E-state index in [0.29, 0.717) is 36.9 Å². The molecule has 3 aliphatic rings. The van der Waals surface area contributed by atoms with Crippen molar-refractivity contribution in [1.29, 1.82) is 0 Å². The van der Waals surface area contributed by atoms with Crippen molar-refractivity contribution in [3.8, 4) is 11.5 Å². The number of rotatable bonds is 8. The monoisotopic (exact) mass is 459 g/mol. The van der Waals surface area contributed by atoms with E-state index in [9.17, 15) is 14.4 Å². The summed E-state index contributed by atoms with van der Waals surface area (Å²) in [4.78, 5) is 38.9. The van der Waals surface area contributed by atoms with Crippen molar-refractivity contribution in [2.75, 3.05) is 26.9 Å². The Morgan fingerprint density at radius 3 is 2.73 bits per heavy atom. The van der Waals surface area contributed by atoms with Crippen LogP contribution in [0.15, 0.2) is 18.2 Å². The number of urea groups is 1. The van der Waals surface area contributed by atoms with Crippen LogP contribution >= 0.6 is 0 Å². The predicted octanol–water partition coefficient (Wildman–Crippen LogP) is 2.37. The van der Waals surface area contributed by atoms with Gasteiger partial charge in [0, 0.05) is 13.2 Å². The van der Waals surface area contributed by atoms with E-state index in [0.717, 1.165) is 42.8 Å². The lowest BCUT2D eigenvalue weighted by Crippen LogP contribution is -2.49. The maximum absolute atomic E-state index is 12.9. The van der Waals surface area contributed by atoms with Crippen LogP contribution in [-0.2, 0) is 20.9 Å². The van der Waals surface area contributed by atoms with Crippen molar-refractivity contribution in [2.24, 2.45) is 5.92 Å². The minimum Gasteiger partial charge on any atom is -0.493 e. The highest BCUT2D eigenvalue weighted by Gasteiger charge is 2.52. The third-order valence-electron chi connectivity index (χ3n) is 6.84. The summed E-state index contributed by atoms with van der Waals surface area (Å²) >= 11 is 0. The largest absolute Gasteiger partial charge is 0.493 e. The van der Waals surface area contributed by atoms with E-state index in [-0.39, 0.29) is 25.1 Å². The van der Waals surface area contributed by atoms with Gasteiger partial charge in [-0.25, -0.2) is 4.79 Å². The Balaban J connectivity index is 1.29. The number of carbonyl (C=O) groups excluding carboxylic acids is 3. The molecular weight excluding hydrogens is 426 g/mol. The summed E-state index contributed by atoms with van der Waals surface area (Å²) in [5.74, 6) is 1.06. The lowest BCUT2D eigenvalue weighted by atomic mass is 9.77. The molecule has 2 saturated heterocycles. The topological polar surface area (TPSA) is 106 Å². The maximum atomic E-state index is 12.9. The Hall–Kier alpha value is -2.81. The van der Waals surface area contributed by atoms with E-state index >= 15 is 0 Å². The Kier molecular flexibility index (Phi) is 7.07. The molecule has 0 radical (unpaired) electrons. The first kappa shape index (κ1) is 23.4. The normalized spacial score (nSPS) is 27.0. The zero-order valence-electron chi connectivity index (χ0n) is 19.4. The van der Waals surface area contributed by atoms with Gasteiger partial charge in [-0.3, -0.25) is 14.5 Å². The minimum absolute atomic E-state index is 0.107. The molecule has 0 bridgehead atoms. The first-order valence-corrected chi connectivity index (χ1v) is 11.7. The second-order valence-electron chi connectivity index (χ2n) is 9.29. The van der Waals surface area contributed by atoms with Crippen LogP contribution in [0.3, 0.4) is 0 Å². The van der Waals surface area contributed by atoms with Crippen molar-refractivity contribution in [3.63, 3.8) is 0 Å². The van der Waals surface area contributed by atoms with Crippen LogP contribution in [0, 0.1) is 5.92 Å². The maximum Gasteiger partial charge on any atom is 0.325 e. The van der Waals surface area contributed by atoms with Gasteiger partial charge in [0.2, 0.25) is 5.91 Å². The number of hydrogen-bond acceptors (Lipinski definition) is 6. The molecule has 1 aromatic rings. The SMILES string of the molecule is COc1cc(CNC(=O)CN2C(=O)NC3(CCC(C)CC3)C2=O)ccc1OCC1CCCO1. The Morgan fingerprint density at radius 2 is 2.03 bits per heavy atom. The van der Waals surface area contributed by atoms with E-state index in [1.54, 1.807) is 19.2 Å². The molecule has 1 saturated carbocycles. The van der Waals surface area contributed by atoms with E-state index < -0.39 is 17.5 Å². The molecule has 4 rings (SSSR count).